The molecule has 1 spiro atoms. The van der Waals surface area contributed by atoms with Gasteiger partial charge < -0.3 is 5.32 Å². The number of hydrogen-bond acceptors (Lipinski definition) is 1. The molecule has 2 aliphatic rings. The molecule has 1 unspecified atom stereocenters. The third-order valence-electron chi connectivity index (χ3n) is 4.37. The maximum atomic E-state index is 3.50. The zero-order valence-electron chi connectivity index (χ0n) is 10.7. The Morgan fingerprint density at radius 2 is 1.80 bits per heavy atom. The van der Waals surface area contributed by atoms with Gasteiger partial charge in [0.05, 0.1) is 0 Å². The van der Waals surface area contributed by atoms with Crippen LogP contribution >= 0.6 is 0 Å². The molecule has 15 heavy (non-hydrogen) atoms. The second-order valence-electron chi connectivity index (χ2n) is 7.12. The van der Waals surface area contributed by atoms with Gasteiger partial charge in [0.1, 0.15) is 0 Å². The van der Waals surface area contributed by atoms with Crippen LogP contribution in [0.2, 0.25) is 0 Å². The largest absolute Gasteiger partial charge is 0.317 e. The van der Waals surface area contributed by atoms with Crippen LogP contribution in [-0.4, -0.2) is 13.1 Å². The minimum absolute atomic E-state index is 0.531. The summed E-state index contributed by atoms with van der Waals surface area (Å²) in [7, 11) is 0. The molecule has 1 nitrogen and oxygen atoms in total. The summed E-state index contributed by atoms with van der Waals surface area (Å²) in [4.78, 5) is 0. The van der Waals surface area contributed by atoms with E-state index in [0.717, 1.165) is 11.3 Å². The van der Waals surface area contributed by atoms with E-state index in [0.29, 0.717) is 5.41 Å². The van der Waals surface area contributed by atoms with Crippen LogP contribution in [0.15, 0.2) is 0 Å². The molecule has 1 heteroatoms. The van der Waals surface area contributed by atoms with Gasteiger partial charge >= 0.3 is 0 Å². The van der Waals surface area contributed by atoms with Gasteiger partial charge in [-0.15, -0.1) is 0 Å². The Morgan fingerprint density at radius 3 is 2.40 bits per heavy atom. The van der Waals surface area contributed by atoms with Crippen LogP contribution in [0.1, 0.15) is 59.3 Å². The average Bonchev–Trinajstić information content (AvgIpc) is 2.47. The molecular weight excluding hydrogens is 182 g/mol. The maximum Gasteiger partial charge on any atom is -0.00436 e. The van der Waals surface area contributed by atoms with E-state index in [9.17, 15) is 0 Å². The predicted octanol–water partition coefficient (Wildman–Crippen LogP) is 3.59. The Hall–Kier alpha value is -0.0400. The molecule has 0 bridgehead atoms. The van der Waals surface area contributed by atoms with Crippen LogP contribution in [0.5, 0.6) is 0 Å². The molecule has 1 atom stereocenters. The van der Waals surface area contributed by atoms with E-state index in [1.54, 1.807) is 0 Å². The van der Waals surface area contributed by atoms with Gasteiger partial charge in [-0.25, -0.2) is 0 Å². The van der Waals surface area contributed by atoms with E-state index >= 15 is 0 Å². The summed E-state index contributed by atoms with van der Waals surface area (Å²) in [6.45, 7) is 9.70. The lowest BCUT2D eigenvalue weighted by molar-refractivity contribution is 0.190. The van der Waals surface area contributed by atoms with Crippen LogP contribution < -0.4 is 5.32 Å². The van der Waals surface area contributed by atoms with Crippen molar-refractivity contribution < 1.29 is 0 Å². The van der Waals surface area contributed by atoms with Crippen LogP contribution in [-0.2, 0) is 0 Å². The fourth-order valence-corrected chi connectivity index (χ4v) is 3.78. The minimum atomic E-state index is 0.531. The smallest absolute Gasteiger partial charge is 0.00436 e. The van der Waals surface area contributed by atoms with E-state index in [4.69, 9.17) is 0 Å². The molecule has 0 amide bonds. The number of rotatable bonds is 1. The summed E-state index contributed by atoms with van der Waals surface area (Å²) in [5.41, 5.74) is 1.28. The van der Waals surface area contributed by atoms with Crippen LogP contribution in [0.25, 0.3) is 0 Å². The van der Waals surface area contributed by atoms with Gasteiger partial charge in [0.25, 0.3) is 0 Å². The average molecular weight is 209 g/mol. The fraction of sp³-hybridized carbons (Fsp3) is 1.00. The van der Waals surface area contributed by atoms with Gasteiger partial charge in [0.15, 0.2) is 0 Å². The Morgan fingerprint density at radius 1 is 1.13 bits per heavy atom. The third kappa shape index (κ3) is 2.96. The first-order valence-electron chi connectivity index (χ1n) is 6.70. The molecule has 0 aromatic carbocycles. The lowest BCUT2D eigenvalue weighted by Gasteiger charge is -2.34. The molecule has 2 fully saturated rings. The van der Waals surface area contributed by atoms with Gasteiger partial charge in [0, 0.05) is 0 Å². The van der Waals surface area contributed by atoms with E-state index in [2.05, 4.69) is 26.1 Å². The molecule has 1 N–H and O–H groups in total. The zero-order chi connectivity index (χ0) is 10.9. The lowest BCUT2D eigenvalue weighted by atomic mass is 9.75. The van der Waals surface area contributed by atoms with Crippen molar-refractivity contribution in [3.63, 3.8) is 0 Å². The second-order valence-corrected chi connectivity index (χ2v) is 7.12. The normalized spacial score (nSPS) is 31.0. The Balaban J connectivity index is 1.88. The maximum absolute atomic E-state index is 3.50. The molecule has 1 heterocycles. The highest BCUT2D eigenvalue weighted by Crippen LogP contribution is 2.50. The van der Waals surface area contributed by atoms with E-state index < -0.39 is 0 Å². The van der Waals surface area contributed by atoms with Crippen molar-refractivity contribution in [2.75, 3.05) is 13.1 Å². The topological polar surface area (TPSA) is 12.0 Å². The predicted molar refractivity (Wildman–Crippen MR) is 65.9 cm³/mol. The second kappa shape index (κ2) is 4.08. The SMILES string of the molecule is CC(C)(C)CC1CCC2(CCNCC2)C1. The highest BCUT2D eigenvalue weighted by Gasteiger charge is 2.40. The number of piperidine rings is 1. The van der Waals surface area contributed by atoms with Crippen molar-refractivity contribution in [3.05, 3.63) is 0 Å². The number of hydrogen-bond donors (Lipinski definition) is 1. The molecule has 1 aliphatic heterocycles. The summed E-state index contributed by atoms with van der Waals surface area (Å²) in [5.74, 6) is 1.02. The van der Waals surface area contributed by atoms with Gasteiger partial charge in [-0.1, -0.05) is 20.8 Å². The van der Waals surface area contributed by atoms with E-state index in [1.165, 1.54) is 51.6 Å². The molecule has 0 aromatic rings. The Kier molecular flexibility index (Phi) is 3.12. The molecule has 1 saturated carbocycles. The summed E-state index contributed by atoms with van der Waals surface area (Å²) in [6, 6.07) is 0. The van der Waals surface area contributed by atoms with E-state index in [-0.39, 0.29) is 0 Å². The standard InChI is InChI=1S/C14H27N/c1-13(2,3)10-12-4-5-14(11-12)6-8-15-9-7-14/h12,15H,4-11H2,1-3H3. The lowest BCUT2D eigenvalue weighted by Crippen LogP contribution is -2.35. The summed E-state index contributed by atoms with van der Waals surface area (Å²) < 4.78 is 0. The quantitative estimate of drug-likeness (QED) is 0.696. The van der Waals surface area contributed by atoms with Crippen molar-refractivity contribution in [2.45, 2.75) is 59.3 Å². The first-order chi connectivity index (χ1) is 6.99. The van der Waals surface area contributed by atoms with Crippen molar-refractivity contribution >= 4 is 0 Å². The van der Waals surface area contributed by atoms with E-state index in [1.807, 2.05) is 0 Å². The third-order valence-corrected chi connectivity index (χ3v) is 4.37. The summed E-state index contributed by atoms with van der Waals surface area (Å²) >= 11 is 0. The van der Waals surface area contributed by atoms with Crippen LogP contribution in [0, 0.1) is 16.7 Å². The molecular formula is C14H27N. The number of nitrogens with one attached hydrogen (secondary N) is 1. The van der Waals surface area contributed by atoms with Crippen LogP contribution in [0.4, 0.5) is 0 Å². The summed E-state index contributed by atoms with van der Waals surface area (Å²) in [5, 5.41) is 3.50. The van der Waals surface area contributed by atoms with Gasteiger partial charge in [-0.05, 0) is 68.4 Å². The van der Waals surface area contributed by atoms with Crippen molar-refractivity contribution in [3.8, 4) is 0 Å². The van der Waals surface area contributed by atoms with Gasteiger partial charge in [-0.2, -0.15) is 0 Å². The zero-order valence-corrected chi connectivity index (χ0v) is 10.7. The Labute approximate surface area is 95.0 Å². The van der Waals surface area contributed by atoms with Crippen LogP contribution in [0.3, 0.4) is 0 Å². The highest BCUT2D eigenvalue weighted by molar-refractivity contribution is 4.93. The minimum Gasteiger partial charge on any atom is -0.317 e. The summed E-state index contributed by atoms with van der Waals surface area (Å²) in [6.07, 6.45) is 8.84. The monoisotopic (exact) mass is 209 g/mol. The van der Waals surface area contributed by atoms with Gasteiger partial charge in [0.2, 0.25) is 0 Å². The Bertz CT molecular complexity index is 208. The van der Waals surface area contributed by atoms with Crippen molar-refractivity contribution in [2.24, 2.45) is 16.7 Å². The molecule has 1 aliphatic carbocycles. The van der Waals surface area contributed by atoms with Crippen molar-refractivity contribution in [1.29, 1.82) is 0 Å². The molecule has 0 aromatic heterocycles. The first kappa shape index (κ1) is 11.4. The first-order valence-corrected chi connectivity index (χ1v) is 6.70. The molecule has 2 rings (SSSR count). The van der Waals surface area contributed by atoms with Gasteiger partial charge in [-0.3, -0.25) is 0 Å². The fourth-order valence-electron chi connectivity index (χ4n) is 3.78. The highest BCUT2D eigenvalue weighted by atomic mass is 14.9. The molecule has 1 saturated heterocycles. The van der Waals surface area contributed by atoms with Crippen molar-refractivity contribution in [1.82, 2.24) is 5.32 Å². The molecule has 88 valence electrons. The molecule has 0 radical (unpaired) electrons.